The van der Waals surface area contributed by atoms with Gasteiger partial charge in [0.1, 0.15) is 11.6 Å². The van der Waals surface area contributed by atoms with Gasteiger partial charge in [-0.05, 0) is 74.6 Å². The van der Waals surface area contributed by atoms with Crippen molar-refractivity contribution in [1.82, 2.24) is 18.8 Å². The lowest BCUT2D eigenvalue weighted by Crippen LogP contribution is -2.40. The zero-order valence-electron chi connectivity index (χ0n) is 20.7. The third-order valence-electron chi connectivity index (χ3n) is 6.27. The highest BCUT2D eigenvalue weighted by Gasteiger charge is 2.30. The van der Waals surface area contributed by atoms with E-state index in [4.69, 9.17) is 10.7 Å². The summed E-state index contributed by atoms with van der Waals surface area (Å²) in [6.45, 7) is 6.78. The van der Waals surface area contributed by atoms with E-state index < -0.39 is 6.04 Å². The molecule has 2 aromatic heterocycles. The van der Waals surface area contributed by atoms with Crippen LogP contribution in [0.3, 0.4) is 0 Å². The summed E-state index contributed by atoms with van der Waals surface area (Å²) in [5.41, 5.74) is 8.61. The first-order valence-electron chi connectivity index (χ1n) is 12.0. The average molecular weight is 508 g/mol. The van der Waals surface area contributed by atoms with Crippen LogP contribution in [-0.2, 0) is 6.54 Å². The molecule has 0 spiro atoms. The van der Waals surface area contributed by atoms with Crippen LogP contribution in [0, 0.1) is 19.7 Å². The fraction of sp³-hybridized carbons (Fsp3) is 0.333. The second-order valence-electron chi connectivity index (χ2n) is 8.87. The van der Waals surface area contributed by atoms with Gasteiger partial charge in [-0.2, -0.15) is 4.37 Å². The Morgan fingerprint density at radius 1 is 1.14 bits per heavy atom. The largest absolute Gasteiger partial charge is 0.330 e. The van der Waals surface area contributed by atoms with Gasteiger partial charge in [0.25, 0.3) is 11.5 Å². The van der Waals surface area contributed by atoms with Crippen molar-refractivity contribution in [1.29, 1.82) is 0 Å². The lowest BCUT2D eigenvalue weighted by atomic mass is 10.1. The number of nitrogens with two attached hydrogens (primary N) is 1. The van der Waals surface area contributed by atoms with E-state index in [0.717, 1.165) is 11.1 Å². The van der Waals surface area contributed by atoms with Gasteiger partial charge in [0.2, 0.25) is 0 Å². The standard InChI is InChI=1S/C27H30FN5O2S/c1-4-22(32(15-5-14-29)26(34)20-10-6-17(2)7-11-20)24-30-25-23(18(3)31-36-25)27(35)33(24)16-19-8-12-21(28)13-9-19/h6-13,22H,4-5,14-16,29H2,1-3H3. The average Bonchev–Trinajstić information content (AvgIpc) is 3.25. The van der Waals surface area contributed by atoms with Crippen LogP contribution in [0.25, 0.3) is 10.2 Å². The minimum Gasteiger partial charge on any atom is -0.330 e. The van der Waals surface area contributed by atoms with Crippen LogP contribution in [0.1, 0.15) is 58.8 Å². The molecule has 0 aliphatic rings. The number of hydrogen-bond donors (Lipinski definition) is 1. The molecule has 0 fully saturated rings. The monoisotopic (exact) mass is 507 g/mol. The first-order valence-corrected chi connectivity index (χ1v) is 12.8. The highest BCUT2D eigenvalue weighted by atomic mass is 32.1. The Kier molecular flexibility index (Phi) is 7.91. The molecule has 4 rings (SSSR count). The minimum atomic E-state index is -0.467. The molecular formula is C27H30FN5O2S. The van der Waals surface area contributed by atoms with E-state index in [2.05, 4.69) is 4.37 Å². The van der Waals surface area contributed by atoms with Crippen molar-refractivity contribution in [3.8, 4) is 0 Å². The molecule has 9 heteroatoms. The van der Waals surface area contributed by atoms with Gasteiger partial charge in [0.15, 0.2) is 4.83 Å². The van der Waals surface area contributed by atoms with Gasteiger partial charge in [-0.3, -0.25) is 14.2 Å². The van der Waals surface area contributed by atoms with E-state index in [1.165, 1.54) is 23.7 Å². The maximum Gasteiger partial charge on any atom is 0.264 e. The molecule has 4 aromatic rings. The van der Waals surface area contributed by atoms with Crippen molar-refractivity contribution >= 4 is 27.7 Å². The maximum atomic E-state index is 13.7. The molecule has 0 bridgehead atoms. The second-order valence-corrected chi connectivity index (χ2v) is 9.62. The topological polar surface area (TPSA) is 94.1 Å². The molecule has 0 aliphatic heterocycles. The zero-order chi connectivity index (χ0) is 25.8. The number of fused-ring (bicyclic) bond motifs is 1. The molecule has 1 amide bonds. The Morgan fingerprint density at radius 2 is 1.83 bits per heavy atom. The molecule has 2 aromatic carbocycles. The highest BCUT2D eigenvalue weighted by Crippen LogP contribution is 2.28. The second kappa shape index (κ2) is 11.1. The van der Waals surface area contributed by atoms with Gasteiger partial charge in [0, 0.05) is 12.1 Å². The van der Waals surface area contributed by atoms with Gasteiger partial charge in [-0.1, -0.05) is 36.8 Å². The molecule has 7 nitrogen and oxygen atoms in total. The first kappa shape index (κ1) is 25.7. The third-order valence-corrected chi connectivity index (χ3v) is 7.11. The number of benzene rings is 2. The fourth-order valence-corrected chi connectivity index (χ4v) is 5.10. The summed E-state index contributed by atoms with van der Waals surface area (Å²) < 4.78 is 19.5. The number of nitrogens with zero attached hydrogens (tertiary/aromatic N) is 4. The molecule has 188 valence electrons. The maximum absolute atomic E-state index is 13.7. The van der Waals surface area contributed by atoms with Gasteiger partial charge >= 0.3 is 0 Å². The van der Waals surface area contributed by atoms with Crippen LogP contribution in [0.2, 0.25) is 0 Å². The van der Waals surface area contributed by atoms with Crippen molar-refractivity contribution in [3.05, 3.63) is 92.9 Å². The van der Waals surface area contributed by atoms with Crippen LogP contribution in [-0.4, -0.2) is 37.8 Å². The van der Waals surface area contributed by atoms with Crippen LogP contribution < -0.4 is 11.3 Å². The number of rotatable bonds is 9. The van der Waals surface area contributed by atoms with Crippen molar-refractivity contribution in [2.45, 2.75) is 46.2 Å². The molecular weight excluding hydrogens is 477 g/mol. The predicted octanol–water partition coefficient (Wildman–Crippen LogP) is 4.60. The van der Waals surface area contributed by atoms with Gasteiger partial charge in [-0.15, -0.1) is 0 Å². The van der Waals surface area contributed by atoms with Gasteiger partial charge < -0.3 is 10.6 Å². The summed E-state index contributed by atoms with van der Waals surface area (Å²) in [5.74, 6) is -0.000197. The number of carbonyl (C=O) groups is 1. The molecule has 36 heavy (non-hydrogen) atoms. The van der Waals surface area contributed by atoms with Gasteiger partial charge in [0.05, 0.1) is 23.7 Å². The minimum absolute atomic E-state index is 0.140. The number of hydrogen-bond acceptors (Lipinski definition) is 6. The van der Waals surface area contributed by atoms with E-state index in [1.807, 2.05) is 38.1 Å². The van der Waals surface area contributed by atoms with E-state index in [9.17, 15) is 14.0 Å². The summed E-state index contributed by atoms with van der Waals surface area (Å²) in [6, 6.07) is 13.0. The molecule has 1 atom stereocenters. The van der Waals surface area contributed by atoms with Crippen LogP contribution in [0.5, 0.6) is 0 Å². The van der Waals surface area contributed by atoms with Crippen molar-refractivity contribution in [2.75, 3.05) is 13.1 Å². The van der Waals surface area contributed by atoms with E-state index >= 15 is 0 Å². The summed E-state index contributed by atoms with van der Waals surface area (Å²) in [4.78, 5) is 34.6. The number of amides is 1. The molecule has 0 saturated carbocycles. The van der Waals surface area contributed by atoms with Gasteiger partial charge in [-0.25, -0.2) is 9.37 Å². The Bertz CT molecular complexity index is 1410. The van der Waals surface area contributed by atoms with Crippen LogP contribution in [0.4, 0.5) is 4.39 Å². The van der Waals surface area contributed by atoms with Crippen LogP contribution in [0.15, 0.2) is 53.3 Å². The Hall–Kier alpha value is -3.43. The van der Waals surface area contributed by atoms with E-state index in [-0.39, 0.29) is 23.8 Å². The normalized spacial score (nSPS) is 12.1. The van der Waals surface area contributed by atoms with Crippen molar-refractivity contribution < 1.29 is 9.18 Å². The Balaban J connectivity index is 1.86. The van der Waals surface area contributed by atoms with Crippen molar-refractivity contribution in [3.63, 3.8) is 0 Å². The Labute approximate surface area is 213 Å². The lowest BCUT2D eigenvalue weighted by Gasteiger charge is -2.32. The summed E-state index contributed by atoms with van der Waals surface area (Å²) in [5, 5.41) is 0.471. The zero-order valence-corrected chi connectivity index (χ0v) is 21.5. The first-order chi connectivity index (χ1) is 17.3. The summed E-state index contributed by atoms with van der Waals surface area (Å²) >= 11 is 1.18. The number of aromatic nitrogens is 3. The van der Waals surface area contributed by atoms with Crippen molar-refractivity contribution in [2.24, 2.45) is 5.73 Å². The summed E-state index contributed by atoms with van der Waals surface area (Å²) in [6.07, 6.45) is 1.15. The molecule has 2 N–H and O–H groups in total. The SMILES string of the molecule is CCC(c1nc2snc(C)c2c(=O)n1Cc1ccc(F)cc1)N(CCCN)C(=O)c1ccc(C)cc1. The lowest BCUT2D eigenvalue weighted by molar-refractivity contribution is 0.0656. The molecule has 2 heterocycles. The van der Waals surface area contributed by atoms with E-state index in [0.29, 0.717) is 53.2 Å². The molecule has 1 unspecified atom stereocenters. The fourth-order valence-electron chi connectivity index (χ4n) is 4.33. The molecule has 0 radical (unpaired) electrons. The predicted molar refractivity (Wildman–Crippen MR) is 141 cm³/mol. The highest BCUT2D eigenvalue weighted by molar-refractivity contribution is 7.12. The third kappa shape index (κ3) is 5.22. The number of halogens is 1. The smallest absolute Gasteiger partial charge is 0.264 e. The van der Waals surface area contributed by atoms with E-state index in [1.54, 1.807) is 28.5 Å². The Morgan fingerprint density at radius 3 is 2.47 bits per heavy atom. The summed E-state index contributed by atoms with van der Waals surface area (Å²) in [7, 11) is 0. The molecule has 0 aliphatic carbocycles. The number of aryl methyl sites for hydroxylation is 2. The van der Waals surface area contributed by atoms with Crippen LogP contribution >= 0.6 is 11.5 Å². The molecule has 0 saturated heterocycles. The quantitative estimate of drug-likeness (QED) is 0.357. The number of carbonyl (C=O) groups excluding carboxylic acids is 1.